The highest BCUT2D eigenvalue weighted by Crippen LogP contribution is 2.26. The van der Waals surface area contributed by atoms with Crippen LogP contribution in [0.5, 0.6) is 5.75 Å². The zero-order chi connectivity index (χ0) is 22.1. The summed E-state index contributed by atoms with van der Waals surface area (Å²) in [5.74, 6) is -0.169. The van der Waals surface area contributed by atoms with Crippen molar-refractivity contribution in [1.29, 1.82) is 0 Å². The van der Waals surface area contributed by atoms with Crippen molar-refractivity contribution >= 4 is 34.5 Å². The second kappa shape index (κ2) is 10.9. The Morgan fingerprint density at radius 1 is 0.968 bits per heavy atom. The molecule has 0 unspecified atom stereocenters. The molecule has 3 aromatic rings. The Kier molecular flexibility index (Phi) is 7.76. The average molecular weight is 418 g/mol. The molecule has 160 valence electrons. The molecule has 0 heterocycles. The van der Waals surface area contributed by atoms with Gasteiger partial charge in [-0.2, -0.15) is 5.10 Å². The van der Waals surface area contributed by atoms with Gasteiger partial charge in [0.2, 0.25) is 11.8 Å². The number of rotatable bonds is 9. The molecule has 2 N–H and O–H groups in total. The summed E-state index contributed by atoms with van der Waals surface area (Å²) in [7, 11) is 0. The Bertz CT molecular complexity index is 1090. The van der Waals surface area contributed by atoms with Gasteiger partial charge < -0.3 is 10.1 Å². The van der Waals surface area contributed by atoms with Crippen LogP contribution < -0.4 is 15.5 Å². The summed E-state index contributed by atoms with van der Waals surface area (Å²) < 4.78 is 5.84. The highest BCUT2D eigenvalue weighted by molar-refractivity contribution is 6.05. The second-order valence-electron chi connectivity index (χ2n) is 7.08. The first kappa shape index (κ1) is 22.0. The van der Waals surface area contributed by atoms with E-state index in [0.717, 1.165) is 40.4 Å². The van der Waals surface area contributed by atoms with Crippen molar-refractivity contribution in [3.05, 3.63) is 71.8 Å². The van der Waals surface area contributed by atoms with Crippen molar-refractivity contribution in [2.45, 2.75) is 33.1 Å². The van der Waals surface area contributed by atoms with Crippen molar-refractivity contribution in [3.63, 3.8) is 0 Å². The standard InChI is InChI=1S/C25H27N3O3/c1-3-15-31-23-14-13-19-10-5-7-11-20(19)21(23)17-26-28-25(30)16-24(29)27-22-12-8-6-9-18(22)4-2/h5-14,17H,3-4,15-16H2,1-2H3,(H,27,29)(H,28,30). The molecule has 2 amide bonds. The summed E-state index contributed by atoms with van der Waals surface area (Å²) in [5.41, 5.74) is 4.96. The summed E-state index contributed by atoms with van der Waals surface area (Å²) in [6, 6.07) is 19.3. The smallest absolute Gasteiger partial charge is 0.249 e. The zero-order valence-corrected chi connectivity index (χ0v) is 17.9. The minimum atomic E-state index is -0.487. The van der Waals surface area contributed by atoms with Crippen LogP contribution in [0.25, 0.3) is 10.8 Å². The van der Waals surface area contributed by atoms with Crippen LogP contribution in [0.2, 0.25) is 0 Å². The highest BCUT2D eigenvalue weighted by Gasteiger charge is 2.11. The number of nitrogens with zero attached hydrogens (tertiary/aromatic N) is 1. The SMILES string of the molecule is CCCOc1ccc2ccccc2c1C=NNC(=O)CC(=O)Nc1ccccc1CC. The molecular weight excluding hydrogens is 390 g/mol. The molecule has 0 aliphatic rings. The summed E-state index contributed by atoms with van der Waals surface area (Å²) in [4.78, 5) is 24.4. The van der Waals surface area contributed by atoms with Gasteiger partial charge in [-0.25, -0.2) is 5.43 Å². The third-order valence-corrected chi connectivity index (χ3v) is 4.77. The molecule has 0 bridgehead atoms. The Labute approximate surface area is 182 Å². The van der Waals surface area contributed by atoms with Crippen molar-refractivity contribution in [1.82, 2.24) is 5.43 Å². The number of para-hydroxylation sites is 1. The fourth-order valence-electron chi connectivity index (χ4n) is 3.25. The van der Waals surface area contributed by atoms with Gasteiger partial charge >= 0.3 is 0 Å². The summed E-state index contributed by atoms with van der Waals surface area (Å²) in [6.07, 6.45) is 2.93. The van der Waals surface area contributed by atoms with E-state index in [4.69, 9.17) is 4.74 Å². The maximum absolute atomic E-state index is 12.2. The van der Waals surface area contributed by atoms with Crippen LogP contribution in [0.3, 0.4) is 0 Å². The first-order chi connectivity index (χ1) is 15.1. The van der Waals surface area contributed by atoms with Crippen LogP contribution >= 0.6 is 0 Å². The van der Waals surface area contributed by atoms with E-state index in [1.807, 2.05) is 74.5 Å². The third kappa shape index (κ3) is 5.92. The molecule has 3 rings (SSSR count). The molecule has 0 spiro atoms. The van der Waals surface area contributed by atoms with Crippen LogP contribution in [0.4, 0.5) is 5.69 Å². The first-order valence-electron chi connectivity index (χ1n) is 10.5. The van der Waals surface area contributed by atoms with Crippen molar-refractivity contribution < 1.29 is 14.3 Å². The van der Waals surface area contributed by atoms with Gasteiger partial charge in [-0.05, 0) is 41.3 Å². The van der Waals surface area contributed by atoms with Gasteiger partial charge in [-0.1, -0.05) is 62.4 Å². The van der Waals surface area contributed by atoms with Gasteiger partial charge in [0.05, 0.1) is 12.8 Å². The zero-order valence-electron chi connectivity index (χ0n) is 17.9. The molecule has 0 aromatic heterocycles. The van der Waals surface area contributed by atoms with Gasteiger partial charge in [0.25, 0.3) is 0 Å². The quantitative estimate of drug-likeness (QED) is 0.302. The van der Waals surface area contributed by atoms with E-state index in [1.54, 1.807) is 6.21 Å². The molecule has 6 heteroatoms. The van der Waals surface area contributed by atoms with E-state index >= 15 is 0 Å². The molecule has 0 saturated heterocycles. The minimum absolute atomic E-state index is 0.315. The van der Waals surface area contributed by atoms with E-state index in [2.05, 4.69) is 15.8 Å². The van der Waals surface area contributed by atoms with E-state index in [0.29, 0.717) is 12.4 Å². The molecule has 31 heavy (non-hydrogen) atoms. The monoisotopic (exact) mass is 417 g/mol. The first-order valence-corrected chi connectivity index (χ1v) is 10.5. The number of carbonyl (C=O) groups excluding carboxylic acids is 2. The third-order valence-electron chi connectivity index (χ3n) is 4.77. The number of ether oxygens (including phenoxy) is 1. The highest BCUT2D eigenvalue weighted by atomic mass is 16.5. The van der Waals surface area contributed by atoms with Gasteiger partial charge in [0.1, 0.15) is 12.2 Å². The average Bonchev–Trinajstić information content (AvgIpc) is 2.78. The van der Waals surface area contributed by atoms with E-state index < -0.39 is 5.91 Å². The summed E-state index contributed by atoms with van der Waals surface area (Å²) in [6.45, 7) is 4.64. The van der Waals surface area contributed by atoms with Crippen LogP contribution in [-0.2, 0) is 16.0 Å². The van der Waals surface area contributed by atoms with Crippen LogP contribution in [0, 0.1) is 0 Å². The van der Waals surface area contributed by atoms with Gasteiger partial charge in [0.15, 0.2) is 0 Å². The van der Waals surface area contributed by atoms with Gasteiger partial charge in [-0.3, -0.25) is 9.59 Å². The maximum atomic E-state index is 12.2. The molecule has 0 aliphatic carbocycles. The fourth-order valence-corrected chi connectivity index (χ4v) is 3.25. The van der Waals surface area contributed by atoms with E-state index in [-0.39, 0.29) is 12.3 Å². The summed E-state index contributed by atoms with van der Waals surface area (Å²) >= 11 is 0. The Balaban J connectivity index is 1.66. The number of hydrogen-bond donors (Lipinski definition) is 2. The Morgan fingerprint density at radius 3 is 2.55 bits per heavy atom. The molecular formula is C25H27N3O3. The van der Waals surface area contributed by atoms with Gasteiger partial charge in [0, 0.05) is 11.3 Å². The second-order valence-corrected chi connectivity index (χ2v) is 7.08. The normalized spacial score (nSPS) is 10.9. The fraction of sp³-hybridized carbons (Fsp3) is 0.240. The lowest BCUT2D eigenvalue weighted by molar-refractivity contribution is -0.126. The lowest BCUT2D eigenvalue weighted by Crippen LogP contribution is -2.25. The van der Waals surface area contributed by atoms with Gasteiger partial charge in [-0.15, -0.1) is 0 Å². The van der Waals surface area contributed by atoms with E-state index in [1.165, 1.54) is 0 Å². The van der Waals surface area contributed by atoms with Crippen molar-refractivity contribution in [2.75, 3.05) is 11.9 Å². The molecule has 0 fully saturated rings. The van der Waals surface area contributed by atoms with E-state index in [9.17, 15) is 9.59 Å². The minimum Gasteiger partial charge on any atom is -0.493 e. The maximum Gasteiger partial charge on any atom is 0.249 e. The largest absolute Gasteiger partial charge is 0.493 e. The number of hydrazone groups is 1. The lowest BCUT2D eigenvalue weighted by atomic mass is 10.0. The van der Waals surface area contributed by atoms with Crippen molar-refractivity contribution in [2.24, 2.45) is 5.10 Å². The number of hydrogen-bond acceptors (Lipinski definition) is 4. The number of benzene rings is 3. The number of nitrogens with one attached hydrogen (secondary N) is 2. The number of aryl methyl sites for hydroxylation is 1. The molecule has 0 saturated carbocycles. The van der Waals surface area contributed by atoms with Crippen LogP contribution in [-0.4, -0.2) is 24.6 Å². The predicted octanol–water partition coefficient (Wildman–Crippen LogP) is 4.67. The molecule has 0 aliphatic heterocycles. The van der Waals surface area contributed by atoms with Crippen molar-refractivity contribution in [3.8, 4) is 5.75 Å². The molecule has 6 nitrogen and oxygen atoms in total. The molecule has 3 aromatic carbocycles. The number of amides is 2. The number of fused-ring (bicyclic) bond motifs is 1. The molecule has 0 atom stereocenters. The Morgan fingerprint density at radius 2 is 1.74 bits per heavy atom. The topological polar surface area (TPSA) is 79.8 Å². The van der Waals surface area contributed by atoms with Crippen LogP contribution in [0.15, 0.2) is 65.8 Å². The number of carbonyl (C=O) groups is 2. The lowest BCUT2D eigenvalue weighted by Gasteiger charge is -2.11. The summed E-state index contributed by atoms with van der Waals surface area (Å²) in [5, 5.41) is 8.88. The Hall–Kier alpha value is -3.67. The van der Waals surface area contributed by atoms with Crippen LogP contribution in [0.1, 0.15) is 37.8 Å². The predicted molar refractivity (Wildman–Crippen MR) is 125 cm³/mol. The molecule has 0 radical (unpaired) electrons. The number of anilines is 1.